The average molecular weight is 350 g/mol. The molecule has 2 aromatic rings. The second-order valence-corrected chi connectivity index (χ2v) is 5.48. The third-order valence-corrected chi connectivity index (χ3v) is 3.71. The van der Waals surface area contributed by atoms with Gasteiger partial charge in [-0.3, -0.25) is 0 Å². The first-order valence-electron chi connectivity index (χ1n) is 7.21. The normalized spacial score (nSPS) is 17.5. The van der Waals surface area contributed by atoms with Gasteiger partial charge in [0.05, 0.1) is 7.11 Å². The van der Waals surface area contributed by atoms with Crippen LogP contribution < -0.4 is 15.5 Å². The Morgan fingerprint density at radius 3 is 2.58 bits per heavy atom. The van der Waals surface area contributed by atoms with Gasteiger partial charge >= 0.3 is 6.03 Å². The molecule has 0 bridgehead atoms. The molecule has 1 unspecified atom stereocenters. The van der Waals surface area contributed by atoms with Gasteiger partial charge in [0.2, 0.25) is 0 Å². The molecule has 2 aromatic carbocycles. The van der Waals surface area contributed by atoms with Crippen molar-refractivity contribution in [3.8, 4) is 5.75 Å². The van der Waals surface area contributed by atoms with Gasteiger partial charge in [0, 0.05) is 10.7 Å². The van der Waals surface area contributed by atoms with E-state index in [1.165, 1.54) is 5.17 Å². The molecule has 1 aliphatic rings. The first-order valence-corrected chi connectivity index (χ1v) is 7.59. The number of amides is 2. The maximum absolute atomic E-state index is 12.1. The minimum absolute atomic E-state index is 0.271. The van der Waals surface area contributed by atoms with Crippen LogP contribution in [0.4, 0.5) is 10.5 Å². The number of hydrogen-bond donors (Lipinski definition) is 2. The third kappa shape index (κ3) is 3.95. The van der Waals surface area contributed by atoms with Crippen LogP contribution in [-0.4, -0.2) is 24.9 Å². The molecule has 3 rings (SSSR count). The Morgan fingerprint density at radius 1 is 1.21 bits per heavy atom. The molecule has 0 aliphatic carbocycles. The van der Waals surface area contributed by atoms with E-state index in [0.717, 1.165) is 11.3 Å². The molecule has 126 valence electrons. The molecule has 1 heterocycles. The molecule has 0 aromatic heterocycles. The van der Waals surface area contributed by atoms with Crippen LogP contribution in [0, 0.1) is 0 Å². The molecular weight excluding hydrogens is 334 g/mol. The summed E-state index contributed by atoms with van der Waals surface area (Å²) in [6, 6.07) is 13.5. The van der Waals surface area contributed by atoms with Crippen LogP contribution in [0.15, 0.2) is 48.5 Å². The monoisotopic (exact) mass is 349 g/mol. The van der Waals surface area contributed by atoms with E-state index in [9.17, 15) is 4.79 Å². The third-order valence-electron chi connectivity index (χ3n) is 3.46. The van der Waals surface area contributed by atoms with Gasteiger partial charge in [-0.05, 0) is 42.0 Å². The Hall–Kier alpha value is -2.32. The number of hydrazine groups is 1. The quantitative estimate of drug-likeness (QED) is 0.829. The Labute approximate surface area is 143 Å². The largest absolute Gasteiger partial charge is 0.497 e. The number of nitrogens with one attached hydrogen (secondary N) is 2. The molecule has 7 nitrogen and oxygen atoms in total. The van der Waals surface area contributed by atoms with Crippen molar-refractivity contribution in [3.63, 3.8) is 0 Å². The van der Waals surface area contributed by atoms with Crippen LogP contribution in [-0.2, 0) is 9.88 Å². The highest BCUT2D eigenvalue weighted by Gasteiger charge is 2.31. The summed E-state index contributed by atoms with van der Waals surface area (Å²) in [5.41, 5.74) is 4.12. The second kappa shape index (κ2) is 7.50. The number of halogens is 1. The standard InChI is InChI=1S/C16H16ClN3O4/c1-22-14-8-2-11(3-9-14)15-10-23-24-20(15)19-16(21)18-13-6-4-12(17)5-7-13/h2-9,15H,10H2,1H3,(H2,18,19,21). The van der Waals surface area contributed by atoms with Gasteiger partial charge in [-0.25, -0.2) is 15.1 Å². The maximum atomic E-state index is 12.1. The summed E-state index contributed by atoms with van der Waals surface area (Å²) >= 11 is 5.81. The summed E-state index contributed by atoms with van der Waals surface area (Å²) < 4.78 is 5.13. The van der Waals surface area contributed by atoms with Crippen LogP contribution in [0.1, 0.15) is 11.6 Å². The van der Waals surface area contributed by atoms with Crippen molar-refractivity contribution in [1.82, 2.24) is 10.6 Å². The van der Waals surface area contributed by atoms with Crippen molar-refractivity contribution in [1.29, 1.82) is 0 Å². The summed E-state index contributed by atoms with van der Waals surface area (Å²) in [6.45, 7) is 0.285. The SMILES string of the molecule is COc1ccc(C2COON2NC(=O)Nc2ccc(Cl)cc2)cc1. The van der Waals surface area contributed by atoms with Gasteiger partial charge in [0.1, 0.15) is 18.4 Å². The zero-order valence-electron chi connectivity index (χ0n) is 12.9. The van der Waals surface area contributed by atoms with Crippen molar-refractivity contribution in [2.45, 2.75) is 6.04 Å². The molecule has 0 spiro atoms. The van der Waals surface area contributed by atoms with Crippen LogP contribution in [0.2, 0.25) is 5.02 Å². The highest BCUT2D eigenvalue weighted by atomic mass is 35.5. The number of benzene rings is 2. The predicted octanol–water partition coefficient (Wildman–Crippen LogP) is 3.31. The lowest BCUT2D eigenvalue weighted by molar-refractivity contribution is -0.385. The molecule has 2 N–H and O–H groups in total. The lowest BCUT2D eigenvalue weighted by atomic mass is 10.1. The highest BCUT2D eigenvalue weighted by molar-refractivity contribution is 6.30. The lowest BCUT2D eigenvalue weighted by Gasteiger charge is -2.20. The average Bonchev–Trinajstić information content (AvgIpc) is 3.05. The molecule has 2 amide bonds. The van der Waals surface area contributed by atoms with E-state index in [2.05, 4.69) is 10.7 Å². The Balaban J connectivity index is 1.62. The van der Waals surface area contributed by atoms with E-state index in [0.29, 0.717) is 10.7 Å². The molecular formula is C16H16ClN3O4. The van der Waals surface area contributed by atoms with E-state index < -0.39 is 6.03 Å². The Bertz CT molecular complexity index is 693. The molecule has 1 atom stereocenters. The molecule has 8 heteroatoms. The first kappa shape index (κ1) is 16.5. The second-order valence-electron chi connectivity index (χ2n) is 5.05. The van der Waals surface area contributed by atoms with Gasteiger partial charge in [0.25, 0.3) is 0 Å². The summed E-state index contributed by atoms with van der Waals surface area (Å²) in [4.78, 5) is 22.1. The topological polar surface area (TPSA) is 72.1 Å². The van der Waals surface area contributed by atoms with Gasteiger partial charge in [-0.1, -0.05) is 28.9 Å². The van der Waals surface area contributed by atoms with Crippen LogP contribution in [0.3, 0.4) is 0 Å². The summed E-state index contributed by atoms with van der Waals surface area (Å²) in [6.07, 6.45) is 0. The number of methoxy groups -OCH3 is 1. The fraction of sp³-hybridized carbons (Fsp3) is 0.188. The molecule has 24 heavy (non-hydrogen) atoms. The Morgan fingerprint density at radius 2 is 1.92 bits per heavy atom. The van der Waals surface area contributed by atoms with Crippen molar-refractivity contribution < 1.29 is 19.4 Å². The highest BCUT2D eigenvalue weighted by Crippen LogP contribution is 2.27. The molecule has 1 aliphatic heterocycles. The fourth-order valence-corrected chi connectivity index (χ4v) is 2.34. The van der Waals surface area contributed by atoms with Crippen molar-refractivity contribution >= 4 is 23.3 Å². The molecule has 0 radical (unpaired) electrons. The van der Waals surface area contributed by atoms with E-state index in [1.54, 1.807) is 31.4 Å². The van der Waals surface area contributed by atoms with E-state index in [-0.39, 0.29) is 12.6 Å². The predicted molar refractivity (Wildman–Crippen MR) is 88.2 cm³/mol. The number of carbonyl (C=O) groups is 1. The zero-order chi connectivity index (χ0) is 16.9. The number of hydroxylamine groups is 1. The number of rotatable bonds is 4. The van der Waals surface area contributed by atoms with Gasteiger partial charge in [-0.15, -0.1) is 4.99 Å². The molecule has 0 saturated carbocycles. The minimum atomic E-state index is -0.457. The number of nitrogens with zero attached hydrogens (tertiary/aromatic N) is 1. The number of urea groups is 1. The van der Waals surface area contributed by atoms with Crippen LogP contribution in [0.25, 0.3) is 0 Å². The van der Waals surface area contributed by atoms with Gasteiger partial charge in [-0.2, -0.15) is 0 Å². The van der Waals surface area contributed by atoms with E-state index in [1.807, 2.05) is 24.3 Å². The summed E-state index contributed by atoms with van der Waals surface area (Å²) in [5.74, 6) is 0.749. The Kier molecular flexibility index (Phi) is 5.17. The van der Waals surface area contributed by atoms with Gasteiger partial charge < -0.3 is 10.1 Å². The lowest BCUT2D eigenvalue weighted by Crippen LogP contribution is -2.43. The van der Waals surface area contributed by atoms with Crippen molar-refractivity contribution in [3.05, 3.63) is 59.1 Å². The first-order chi connectivity index (χ1) is 11.7. The van der Waals surface area contributed by atoms with E-state index >= 15 is 0 Å². The molecule has 1 fully saturated rings. The smallest absolute Gasteiger partial charge is 0.335 e. The number of hydrogen-bond acceptors (Lipinski definition) is 5. The molecule has 1 saturated heterocycles. The maximum Gasteiger partial charge on any atom is 0.335 e. The van der Waals surface area contributed by atoms with Crippen LogP contribution in [0.5, 0.6) is 5.75 Å². The van der Waals surface area contributed by atoms with Gasteiger partial charge in [0.15, 0.2) is 0 Å². The zero-order valence-corrected chi connectivity index (χ0v) is 13.6. The number of ether oxygens (including phenoxy) is 1. The van der Waals surface area contributed by atoms with Crippen molar-refractivity contribution in [2.75, 3.05) is 19.0 Å². The minimum Gasteiger partial charge on any atom is -0.497 e. The van der Waals surface area contributed by atoms with Crippen LogP contribution >= 0.6 is 11.6 Å². The number of carbonyl (C=O) groups excluding carboxylic acids is 1. The fourth-order valence-electron chi connectivity index (χ4n) is 2.22. The summed E-state index contributed by atoms with van der Waals surface area (Å²) in [5, 5.41) is 4.53. The van der Waals surface area contributed by atoms with E-state index in [4.69, 9.17) is 26.2 Å². The summed E-state index contributed by atoms with van der Waals surface area (Å²) in [7, 11) is 1.60. The number of anilines is 1. The van der Waals surface area contributed by atoms with Crippen molar-refractivity contribution in [2.24, 2.45) is 0 Å².